The van der Waals surface area contributed by atoms with E-state index in [9.17, 15) is 18.7 Å². The predicted molar refractivity (Wildman–Crippen MR) is 87.0 cm³/mol. The Morgan fingerprint density at radius 1 is 1.29 bits per heavy atom. The van der Waals surface area contributed by atoms with E-state index in [4.69, 9.17) is 4.74 Å². The van der Waals surface area contributed by atoms with Gasteiger partial charge in [-0.25, -0.2) is 8.78 Å². The topological polar surface area (TPSA) is 70.6 Å². The molecule has 140 valence electrons. The first-order valence-corrected chi connectivity index (χ1v) is 8.76. The Kier molecular flexibility index (Phi) is 6.20. The largest absolute Gasteiger partial charge is 0.389 e. The number of carbonyl (C=O) groups excluding carboxylic acids is 1. The van der Waals surface area contributed by atoms with Crippen molar-refractivity contribution >= 4 is 5.91 Å². The fourth-order valence-electron chi connectivity index (χ4n) is 3.28. The maximum Gasteiger partial charge on any atom is 0.248 e. The minimum absolute atomic E-state index is 0.0119. The average molecular weight is 348 g/mol. The van der Waals surface area contributed by atoms with Crippen molar-refractivity contribution in [3.05, 3.63) is 0 Å². The van der Waals surface area contributed by atoms with Gasteiger partial charge in [0, 0.05) is 31.8 Å². The van der Waals surface area contributed by atoms with E-state index in [1.165, 1.54) is 0 Å². The number of amides is 1. The lowest BCUT2D eigenvalue weighted by atomic mass is 9.91. The van der Waals surface area contributed by atoms with Crippen LogP contribution >= 0.6 is 0 Å². The van der Waals surface area contributed by atoms with E-state index < -0.39 is 18.1 Å². The highest BCUT2D eigenvalue weighted by Crippen LogP contribution is 2.33. The number of aliphatic hydroxyl groups excluding tert-OH is 1. The van der Waals surface area contributed by atoms with Gasteiger partial charge in [-0.1, -0.05) is 20.8 Å². The molecule has 1 aliphatic heterocycles. The molecule has 2 aliphatic rings. The second-order valence-electron chi connectivity index (χ2n) is 8.31. The summed E-state index contributed by atoms with van der Waals surface area (Å²) in [5.74, 6) is -2.62. The Balaban J connectivity index is 1.72. The molecular formula is C17H30F2N2O3. The number of ether oxygens (including phenoxy) is 1. The van der Waals surface area contributed by atoms with Gasteiger partial charge in [0.15, 0.2) is 0 Å². The number of hydrogen-bond donors (Lipinski definition) is 3. The molecule has 2 fully saturated rings. The van der Waals surface area contributed by atoms with Crippen molar-refractivity contribution < 1.29 is 23.4 Å². The molecule has 1 saturated heterocycles. The summed E-state index contributed by atoms with van der Waals surface area (Å²) in [6.45, 7) is 6.55. The molecule has 2 rings (SSSR count). The first kappa shape index (κ1) is 19.5. The Morgan fingerprint density at radius 2 is 1.92 bits per heavy atom. The Hall–Kier alpha value is -0.790. The molecule has 1 saturated carbocycles. The number of aliphatic hydroxyl groups is 1. The van der Waals surface area contributed by atoms with Crippen molar-refractivity contribution in [2.24, 2.45) is 5.41 Å². The second kappa shape index (κ2) is 7.62. The summed E-state index contributed by atoms with van der Waals surface area (Å²) >= 11 is 0. The third-order valence-corrected chi connectivity index (χ3v) is 4.64. The van der Waals surface area contributed by atoms with Gasteiger partial charge in [0.05, 0.1) is 18.8 Å². The summed E-state index contributed by atoms with van der Waals surface area (Å²) < 4.78 is 31.9. The molecular weight excluding hydrogens is 318 g/mol. The first-order valence-electron chi connectivity index (χ1n) is 8.76. The van der Waals surface area contributed by atoms with Crippen LogP contribution in [0.4, 0.5) is 8.78 Å². The molecule has 5 nitrogen and oxygen atoms in total. The molecule has 0 aromatic rings. The summed E-state index contributed by atoms with van der Waals surface area (Å²) in [5.41, 5.74) is -0.0909. The van der Waals surface area contributed by atoms with Crippen LogP contribution in [0, 0.1) is 5.41 Å². The van der Waals surface area contributed by atoms with E-state index in [0.717, 1.165) is 0 Å². The Morgan fingerprint density at radius 3 is 2.50 bits per heavy atom. The van der Waals surface area contributed by atoms with Crippen molar-refractivity contribution in [2.45, 2.75) is 83.1 Å². The molecule has 0 bridgehead atoms. The van der Waals surface area contributed by atoms with Crippen molar-refractivity contribution in [3.8, 4) is 0 Å². The molecule has 0 spiro atoms. The molecule has 0 aromatic heterocycles. The number of nitrogens with one attached hydrogen (secondary N) is 2. The zero-order chi connectivity index (χ0) is 18.0. The highest BCUT2D eigenvalue weighted by Gasteiger charge is 2.40. The van der Waals surface area contributed by atoms with E-state index >= 15 is 0 Å². The quantitative estimate of drug-likeness (QED) is 0.709. The number of carbonyl (C=O) groups is 1. The number of halogens is 2. The lowest BCUT2D eigenvalue weighted by Gasteiger charge is -2.31. The standard InChI is InChI=1S/C17H30F2N2O3/c1-16(2,3)8-14(22)20-9-13-15(23)12(10-24-13)21-11-4-6-17(18,19)7-5-11/h11-13,15,21,23H,4-10H2,1-3H3,(H,20,22). The van der Waals surface area contributed by atoms with Crippen LogP contribution in [0.25, 0.3) is 0 Å². The van der Waals surface area contributed by atoms with Gasteiger partial charge in [0.1, 0.15) is 6.10 Å². The third-order valence-electron chi connectivity index (χ3n) is 4.64. The van der Waals surface area contributed by atoms with Crippen LogP contribution in [0.1, 0.15) is 52.9 Å². The minimum Gasteiger partial charge on any atom is -0.389 e. The van der Waals surface area contributed by atoms with E-state index in [-0.39, 0.29) is 42.8 Å². The predicted octanol–water partition coefficient (Wildman–Crippen LogP) is 1.83. The lowest BCUT2D eigenvalue weighted by Crippen LogP contribution is -2.49. The molecule has 0 radical (unpaired) electrons. The summed E-state index contributed by atoms with van der Waals surface area (Å²) in [6, 6.07) is -0.284. The molecule has 1 aliphatic carbocycles. The molecule has 0 aromatic carbocycles. The van der Waals surface area contributed by atoms with Crippen LogP contribution in [-0.4, -0.2) is 54.4 Å². The van der Waals surface area contributed by atoms with Gasteiger partial charge in [-0.2, -0.15) is 0 Å². The van der Waals surface area contributed by atoms with E-state index in [1.807, 2.05) is 20.8 Å². The van der Waals surface area contributed by atoms with Crippen LogP contribution in [0.5, 0.6) is 0 Å². The van der Waals surface area contributed by atoms with Gasteiger partial charge >= 0.3 is 0 Å². The normalized spacial score (nSPS) is 31.2. The molecule has 3 atom stereocenters. The minimum atomic E-state index is -2.55. The van der Waals surface area contributed by atoms with Crippen LogP contribution in [-0.2, 0) is 9.53 Å². The third kappa shape index (κ3) is 5.93. The zero-order valence-electron chi connectivity index (χ0n) is 14.8. The van der Waals surface area contributed by atoms with Crippen molar-refractivity contribution in [1.29, 1.82) is 0 Å². The SMILES string of the molecule is CC(C)(C)CC(=O)NCC1OCC(NC2CCC(F)(F)CC2)C1O. The van der Waals surface area contributed by atoms with Gasteiger partial charge in [0.25, 0.3) is 0 Å². The Labute approximate surface area is 142 Å². The van der Waals surface area contributed by atoms with E-state index in [1.54, 1.807) is 0 Å². The Bertz CT molecular complexity index is 430. The van der Waals surface area contributed by atoms with E-state index in [0.29, 0.717) is 25.9 Å². The van der Waals surface area contributed by atoms with Gasteiger partial charge in [-0.3, -0.25) is 4.79 Å². The smallest absolute Gasteiger partial charge is 0.248 e. The zero-order valence-corrected chi connectivity index (χ0v) is 14.8. The monoisotopic (exact) mass is 348 g/mol. The number of alkyl halides is 2. The summed E-state index contributed by atoms with van der Waals surface area (Å²) in [5, 5.41) is 16.4. The van der Waals surface area contributed by atoms with Crippen molar-refractivity contribution in [3.63, 3.8) is 0 Å². The average Bonchev–Trinajstić information content (AvgIpc) is 2.78. The maximum absolute atomic E-state index is 13.2. The van der Waals surface area contributed by atoms with Crippen LogP contribution in [0.15, 0.2) is 0 Å². The summed E-state index contributed by atoms with van der Waals surface area (Å²) in [6.07, 6.45) is -0.208. The van der Waals surface area contributed by atoms with Gasteiger partial charge in [-0.15, -0.1) is 0 Å². The number of hydrogen-bond acceptors (Lipinski definition) is 4. The summed E-state index contributed by atoms with van der Waals surface area (Å²) in [7, 11) is 0. The van der Waals surface area contributed by atoms with Crippen molar-refractivity contribution in [2.75, 3.05) is 13.2 Å². The molecule has 1 amide bonds. The molecule has 1 heterocycles. The first-order chi connectivity index (χ1) is 11.1. The molecule has 3 N–H and O–H groups in total. The maximum atomic E-state index is 13.2. The summed E-state index contributed by atoms with van der Waals surface area (Å²) in [4.78, 5) is 11.8. The van der Waals surface area contributed by atoms with Crippen LogP contribution < -0.4 is 10.6 Å². The van der Waals surface area contributed by atoms with Gasteiger partial charge < -0.3 is 20.5 Å². The fourth-order valence-corrected chi connectivity index (χ4v) is 3.28. The highest BCUT2D eigenvalue weighted by atomic mass is 19.3. The van der Waals surface area contributed by atoms with Gasteiger partial charge in [0.2, 0.25) is 11.8 Å². The van der Waals surface area contributed by atoms with E-state index in [2.05, 4.69) is 10.6 Å². The lowest BCUT2D eigenvalue weighted by molar-refractivity contribution is -0.123. The highest BCUT2D eigenvalue weighted by molar-refractivity contribution is 5.76. The fraction of sp³-hybridized carbons (Fsp3) is 0.941. The molecule has 3 unspecified atom stereocenters. The molecule has 7 heteroatoms. The molecule has 24 heavy (non-hydrogen) atoms. The van der Waals surface area contributed by atoms with Gasteiger partial charge in [-0.05, 0) is 18.3 Å². The van der Waals surface area contributed by atoms with Crippen LogP contribution in [0.3, 0.4) is 0 Å². The number of rotatable bonds is 5. The van der Waals surface area contributed by atoms with Crippen molar-refractivity contribution in [1.82, 2.24) is 10.6 Å². The van der Waals surface area contributed by atoms with Crippen LogP contribution in [0.2, 0.25) is 0 Å². The second-order valence-corrected chi connectivity index (χ2v) is 8.31.